The Bertz CT molecular complexity index is 4640. The van der Waals surface area contributed by atoms with E-state index in [0.29, 0.717) is 46.3 Å². The largest absolute Gasteiger partial charge is 0.508 e. The minimum atomic E-state index is -4.35. The summed E-state index contributed by atoms with van der Waals surface area (Å²) < 4.78 is 108. The Morgan fingerprint density at radius 2 is 1.02 bits per heavy atom. The van der Waals surface area contributed by atoms with Crippen molar-refractivity contribution in [3.05, 3.63) is 302 Å². The normalized spacial score (nSPS) is 12.5. The lowest BCUT2D eigenvalue weighted by Crippen LogP contribution is -2.09. The first-order valence-electron chi connectivity index (χ1n) is 28.4. The Kier molecular flexibility index (Phi) is 20.2. The fourth-order valence-electron chi connectivity index (χ4n) is 9.84. The number of fused-ring (bicyclic) bond motifs is 4. The topological polar surface area (TPSA) is 172 Å². The van der Waals surface area contributed by atoms with E-state index in [-0.39, 0.29) is 25.4 Å². The first kappa shape index (κ1) is 64.3. The number of nitrogens with zero attached hydrogens (tertiary/aromatic N) is 1. The van der Waals surface area contributed by atoms with E-state index in [1.54, 1.807) is 42.5 Å². The van der Waals surface area contributed by atoms with Crippen LogP contribution in [0.5, 0.6) is 23.0 Å². The van der Waals surface area contributed by atoms with Gasteiger partial charge in [0.15, 0.2) is 0 Å². The highest BCUT2D eigenvalue weighted by Crippen LogP contribution is 2.41. The van der Waals surface area contributed by atoms with Crippen LogP contribution in [-0.4, -0.2) is 21.3 Å². The molecule has 0 amide bonds. The molecule has 19 heteroatoms. The van der Waals surface area contributed by atoms with Gasteiger partial charge in [-0.3, -0.25) is 4.79 Å². The molecule has 0 spiro atoms. The molecule has 3 aromatic heterocycles. The molecule has 2 N–H and O–H groups in total. The Labute approximate surface area is 530 Å². The van der Waals surface area contributed by atoms with Crippen LogP contribution in [0.25, 0.3) is 55.3 Å². The number of rotatable bonds is 12. The second kappa shape index (κ2) is 28.9. The van der Waals surface area contributed by atoms with Crippen LogP contribution in [-0.2, 0) is 42.3 Å². The van der Waals surface area contributed by atoms with Gasteiger partial charge in [-0.05, 0) is 136 Å². The van der Waals surface area contributed by atoms with Gasteiger partial charge in [-0.2, -0.15) is 26.3 Å². The average molecular weight is 1320 g/mol. The number of aryl methyl sites for hydroxylation is 1. The molecule has 1 aliphatic rings. The molecule has 4 heterocycles. The van der Waals surface area contributed by atoms with Gasteiger partial charge in [0.1, 0.15) is 60.2 Å². The van der Waals surface area contributed by atoms with E-state index < -0.39 is 46.6 Å². The molecule has 466 valence electrons. The van der Waals surface area contributed by atoms with E-state index in [2.05, 4.69) is 64.4 Å². The molecule has 0 fully saturated rings. The number of benzene rings is 9. The van der Waals surface area contributed by atoms with Gasteiger partial charge >= 0.3 is 29.6 Å². The lowest BCUT2D eigenvalue weighted by molar-refractivity contribution is -0.138. The maximum absolute atomic E-state index is 12.7. The first-order chi connectivity index (χ1) is 44.2. The third kappa shape index (κ3) is 17.0. The number of alkyl halides is 7. The van der Waals surface area contributed by atoms with Gasteiger partial charge in [0.05, 0.1) is 28.8 Å². The summed E-state index contributed by atoms with van der Waals surface area (Å²) in [4.78, 5) is 33.6. The molecule has 0 bridgehead atoms. The van der Waals surface area contributed by atoms with Crippen molar-refractivity contribution in [3.63, 3.8) is 0 Å². The summed E-state index contributed by atoms with van der Waals surface area (Å²) in [6.45, 7) is 3.01. The van der Waals surface area contributed by atoms with Crippen LogP contribution in [0.4, 0.5) is 26.3 Å². The van der Waals surface area contributed by atoms with E-state index in [0.717, 1.165) is 96.0 Å². The minimum Gasteiger partial charge on any atom is -0.508 e. The van der Waals surface area contributed by atoms with Crippen molar-refractivity contribution in [1.82, 2.24) is 5.16 Å². The summed E-state index contributed by atoms with van der Waals surface area (Å²) >= 11 is 3.35. The highest BCUT2D eigenvalue weighted by molar-refractivity contribution is 9.08. The van der Waals surface area contributed by atoms with Crippen molar-refractivity contribution >= 4 is 43.8 Å². The molecule has 1 aliphatic heterocycles. The van der Waals surface area contributed by atoms with E-state index in [4.69, 9.17) is 32.7 Å². The van der Waals surface area contributed by atoms with E-state index in [1.165, 1.54) is 54.3 Å². The van der Waals surface area contributed by atoms with Gasteiger partial charge in [0.2, 0.25) is 0 Å². The minimum absolute atomic E-state index is 0.0943. The molecule has 13 rings (SSSR count). The number of aromatic nitrogens is 1. The fourth-order valence-corrected chi connectivity index (χ4v) is 10.2. The van der Waals surface area contributed by atoms with Crippen LogP contribution in [0.2, 0.25) is 0 Å². The molecule has 0 radical (unpaired) electrons. The Balaban J connectivity index is 0.000000143. The standard InChI is InChI=1S/C27H23NO5.C23H15F3O3.C14H10BrF3.C9H6O3/c1-17-5-7-19(8-6-17)20-4-2-3-18(11-20)14-31-22-9-10-23-24(13-26(29)30)27-21(16-33-28-27)15-32-25(23)12-22;24-23(25,26)19-8-4-16(5-9-19)18-3-1-2-15(12-18)14-28-20-10-6-17-7-11-22(27)29-21(17)13-20;15-9-10-2-1-3-12(8-10)11-4-6-13(7-5-11)14(16,17)18;10-7-3-1-6-2-4-9(11)12-8(6)5-7/h2-12,16,24H,13-15H2,1H3,(H,29,30);1-13H,14H2;1-8H,9H2;1-5,10H. The smallest absolute Gasteiger partial charge is 0.416 e. The Morgan fingerprint density at radius 3 is 1.54 bits per heavy atom. The molecule has 0 saturated carbocycles. The number of carboxylic acids is 1. The van der Waals surface area contributed by atoms with Crippen molar-refractivity contribution in [2.75, 3.05) is 0 Å². The van der Waals surface area contributed by atoms with Crippen molar-refractivity contribution in [2.45, 2.75) is 56.8 Å². The third-order valence-corrected chi connectivity index (χ3v) is 15.2. The zero-order valence-corrected chi connectivity index (χ0v) is 50.3. The Hall–Kier alpha value is -10.7. The van der Waals surface area contributed by atoms with Crippen LogP contribution >= 0.6 is 15.9 Å². The van der Waals surface area contributed by atoms with E-state index in [9.17, 15) is 45.8 Å². The molecule has 1 unspecified atom stereocenters. The first-order valence-corrected chi connectivity index (χ1v) is 29.5. The predicted octanol–water partition coefficient (Wildman–Crippen LogP) is 18.6. The van der Waals surface area contributed by atoms with Crippen molar-refractivity contribution in [2.24, 2.45) is 0 Å². The second-order valence-electron chi connectivity index (χ2n) is 21.1. The number of phenolic OH excluding ortho intramolecular Hbond substituents is 1. The van der Waals surface area contributed by atoms with Crippen LogP contribution in [0.15, 0.2) is 254 Å². The van der Waals surface area contributed by atoms with Crippen molar-refractivity contribution in [1.29, 1.82) is 0 Å². The van der Waals surface area contributed by atoms with Gasteiger partial charge in [-0.15, -0.1) is 0 Å². The number of hydrogen-bond acceptors (Lipinski definition) is 11. The molecule has 9 aromatic carbocycles. The summed E-state index contributed by atoms with van der Waals surface area (Å²) in [5.74, 6) is 0.557. The molecule has 92 heavy (non-hydrogen) atoms. The second-order valence-corrected chi connectivity index (χ2v) is 21.7. The number of ether oxygens (including phenoxy) is 3. The summed E-state index contributed by atoms with van der Waals surface area (Å²) in [5.41, 5.74) is 10.6. The molecular weight excluding hydrogens is 1260 g/mol. The van der Waals surface area contributed by atoms with E-state index in [1.807, 2.05) is 78.9 Å². The maximum atomic E-state index is 12.7. The molecule has 0 saturated heterocycles. The lowest BCUT2D eigenvalue weighted by Gasteiger charge is -2.16. The number of phenols is 1. The average Bonchev–Trinajstić information content (AvgIpc) is 1.66. The number of halogens is 7. The van der Waals surface area contributed by atoms with Crippen LogP contribution in [0.1, 0.15) is 62.5 Å². The summed E-state index contributed by atoms with van der Waals surface area (Å²) in [7, 11) is 0. The van der Waals surface area contributed by atoms with Crippen LogP contribution < -0.4 is 25.5 Å². The van der Waals surface area contributed by atoms with Crippen molar-refractivity contribution < 1.29 is 68.9 Å². The molecule has 1 atom stereocenters. The predicted molar refractivity (Wildman–Crippen MR) is 340 cm³/mol. The van der Waals surface area contributed by atoms with Crippen LogP contribution in [0.3, 0.4) is 0 Å². The monoisotopic (exact) mass is 1310 g/mol. The molecule has 12 aromatic rings. The fraction of sp³-hybridized carbons (Fsp3) is 0.123. The van der Waals surface area contributed by atoms with Gasteiger partial charge < -0.3 is 37.8 Å². The highest BCUT2D eigenvalue weighted by atomic mass is 79.9. The summed E-state index contributed by atoms with van der Waals surface area (Å²) in [5, 5.41) is 24.8. The number of hydrogen-bond donors (Lipinski definition) is 2. The van der Waals surface area contributed by atoms with Crippen LogP contribution in [0, 0.1) is 6.92 Å². The SMILES string of the molecule is Cc1ccc(-c2cccc(COc3ccc4c(c3)OCc3conc3C4CC(=O)O)c2)cc1.FC(F)(F)c1ccc(-c2cccc(CBr)c2)cc1.O=c1ccc2ccc(O)cc2o1.O=c1ccc2ccc(OCc3cccc(-c4ccc(C(F)(F)F)cc4)c3)cc2o1. The van der Waals surface area contributed by atoms with Gasteiger partial charge in [0, 0.05) is 57.9 Å². The van der Waals surface area contributed by atoms with Gasteiger partial charge in [-0.25, -0.2) is 9.59 Å². The van der Waals surface area contributed by atoms with Crippen molar-refractivity contribution in [3.8, 4) is 56.4 Å². The Morgan fingerprint density at radius 1 is 0.554 bits per heavy atom. The highest BCUT2D eigenvalue weighted by Gasteiger charge is 2.32. The molecule has 12 nitrogen and oxygen atoms in total. The number of carboxylic acid groups (broad SMARTS) is 1. The third-order valence-electron chi connectivity index (χ3n) is 14.6. The molecular formula is C73H54BrF6NO11. The summed E-state index contributed by atoms with van der Waals surface area (Å²) in [6, 6.07) is 63.5. The quantitative estimate of drug-likeness (QED) is 0.0675. The molecule has 0 aliphatic carbocycles. The number of aromatic hydroxyl groups is 1. The summed E-state index contributed by atoms with van der Waals surface area (Å²) in [6.07, 6.45) is -7.22. The number of carbonyl (C=O) groups is 1. The maximum Gasteiger partial charge on any atom is 0.416 e. The lowest BCUT2D eigenvalue weighted by atomic mass is 9.90. The number of aliphatic carboxylic acids is 1. The van der Waals surface area contributed by atoms with E-state index >= 15 is 0 Å². The van der Waals surface area contributed by atoms with Gasteiger partial charge in [0.25, 0.3) is 0 Å². The zero-order chi connectivity index (χ0) is 64.9. The zero-order valence-electron chi connectivity index (χ0n) is 48.7. The van der Waals surface area contributed by atoms with Gasteiger partial charge in [-0.1, -0.05) is 142 Å².